The Hall–Kier alpha value is -1.40. The Morgan fingerprint density at radius 1 is 1.64 bits per heavy atom. The van der Waals surface area contributed by atoms with E-state index in [9.17, 15) is 4.79 Å². The number of methoxy groups -OCH3 is 1. The van der Waals surface area contributed by atoms with Crippen LogP contribution >= 0.6 is 0 Å². The van der Waals surface area contributed by atoms with E-state index in [1.54, 1.807) is 0 Å². The highest BCUT2D eigenvalue weighted by Crippen LogP contribution is 1.98. The van der Waals surface area contributed by atoms with Crippen molar-refractivity contribution in [3.8, 4) is 0 Å². The fourth-order valence-corrected chi connectivity index (χ4v) is 0.910. The smallest absolute Gasteiger partial charge is 0.464 e. The van der Waals surface area contributed by atoms with Crippen molar-refractivity contribution in [2.24, 2.45) is 0 Å². The molecular weight excluding hydrogens is 185 g/mol. The largest absolute Gasteiger partial charge is 0.488 e. The minimum absolute atomic E-state index is 0.133. The van der Waals surface area contributed by atoms with Crippen molar-refractivity contribution in [1.82, 2.24) is 4.98 Å². The highest BCUT2D eigenvalue weighted by Gasteiger charge is 2.16. The molecule has 2 N–H and O–H groups in total. The van der Waals surface area contributed by atoms with Gasteiger partial charge in [-0.25, -0.2) is 9.78 Å². The van der Waals surface area contributed by atoms with Crippen LogP contribution in [0.5, 0.6) is 0 Å². The molecule has 6 heteroatoms. The molecule has 5 nitrogen and oxygen atoms in total. The van der Waals surface area contributed by atoms with E-state index in [1.807, 2.05) is 0 Å². The van der Waals surface area contributed by atoms with E-state index in [-0.39, 0.29) is 11.2 Å². The highest BCUT2D eigenvalue weighted by atomic mass is 16.5. The molecule has 0 spiro atoms. The van der Waals surface area contributed by atoms with Crippen LogP contribution in [0.15, 0.2) is 12.1 Å². The SMILES string of the molecule is [2H]C([2H])([2H])c1cc(B(O)O)cc(C(=O)OC)n1. The van der Waals surface area contributed by atoms with Crippen molar-refractivity contribution in [2.75, 3.05) is 7.11 Å². The van der Waals surface area contributed by atoms with E-state index < -0.39 is 25.6 Å². The predicted molar refractivity (Wildman–Crippen MR) is 50.1 cm³/mol. The molecule has 0 atom stereocenters. The van der Waals surface area contributed by atoms with Crippen LogP contribution in [-0.4, -0.2) is 35.2 Å². The third-order valence-electron chi connectivity index (χ3n) is 1.54. The molecule has 14 heavy (non-hydrogen) atoms. The molecule has 1 aromatic rings. The Kier molecular flexibility index (Phi) is 2.10. The number of aromatic nitrogens is 1. The molecular formula is C8H10BNO4. The minimum Gasteiger partial charge on any atom is -0.464 e. The molecule has 0 saturated heterocycles. The Labute approximate surface area is 85.7 Å². The van der Waals surface area contributed by atoms with Gasteiger partial charge in [0.1, 0.15) is 5.69 Å². The van der Waals surface area contributed by atoms with Gasteiger partial charge >= 0.3 is 13.1 Å². The predicted octanol–water partition coefficient (Wildman–Crippen LogP) is -1.14. The van der Waals surface area contributed by atoms with Gasteiger partial charge in [-0.2, -0.15) is 0 Å². The van der Waals surface area contributed by atoms with E-state index >= 15 is 0 Å². The zero-order valence-corrected chi connectivity index (χ0v) is 7.39. The third-order valence-corrected chi connectivity index (χ3v) is 1.54. The molecule has 0 saturated carbocycles. The molecule has 0 unspecified atom stereocenters. The fraction of sp³-hybridized carbons (Fsp3) is 0.250. The molecule has 0 aromatic carbocycles. The first-order valence-electron chi connectivity index (χ1n) is 5.22. The summed E-state index contributed by atoms with van der Waals surface area (Å²) in [6.07, 6.45) is 0. The van der Waals surface area contributed by atoms with Gasteiger partial charge in [0.2, 0.25) is 0 Å². The summed E-state index contributed by atoms with van der Waals surface area (Å²) in [5.74, 6) is -0.849. The lowest BCUT2D eigenvalue weighted by Gasteiger charge is -2.04. The summed E-state index contributed by atoms with van der Waals surface area (Å²) in [4.78, 5) is 14.8. The van der Waals surface area contributed by atoms with Crippen molar-refractivity contribution in [2.45, 2.75) is 6.85 Å². The molecule has 0 bridgehead atoms. The highest BCUT2D eigenvalue weighted by molar-refractivity contribution is 6.58. The molecule has 0 fully saturated rings. The Morgan fingerprint density at radius 3 is 2.86 bits per heavy atom. The van der Waals surface area contributed by atoms with Crippen molar-refractivity contribution in [1.29, 1.82) is 0 Å². The number of nitrogens with zero attached hydrogens (tertiary/aromatic N) is 1. The summed E-state index contributed by atoms with van der Waals surface area (Å²) >= 11 is 0. The second kappa shape index (κ2) is 4.21. The van der Waals surface area contributed by atoms with Gasteiger partial charge in [-0.3, -0.25) is 0 Å². The molecule has 0 aliphatic carbocycles. The second-order valence-corrected chi connectivity index (χ2v) is 2.54. The van der Waals surface area contributed by atoms with Crippen molar-refractivity contribution < 1.29 is 23.7 Å². The number of esters is 1. The quantitative estimate of drug-likeness (QED) is 0.463. The summed E-state index contributed by atoms with van der Waals surface area (Å²) in [5, 5.41) is 18.0. The molecule has 0 aliphatic heterocycles. The van der Waals surface area contributed by atoms with Crippen LogP contribution in [0, 0.1) is 6.85 Å². The van der Waals surface area contributed by atoms with Gasteiger partial charge in [0, 0.05) is 9.81 Å². The zero-order valence-electron chi connectivity index (χ0n) is 10.4. The lowest BCUT2D eigenvalue weighted by molar-refractivity contribution is 0.0594. The van der Waals surface area contributed by atoms with Gasteiger partial charge in [0.25, 0.3) is 0 Å². The standard InChI is InChI=1S/C8H10BNO4/c1-5-3-6(9(12)13)4-7(10-5)8(11)14-2/h3-4,12-13H,1-2H3/i1D3. The minimum atomic E-state index is -2.55. The first-order valence-corrected chi connectivity index (χ1v) is 3.72. The van der Waals surface area contributed by atoms with Gasteiger partial charge < -0.3 is 14.8 Å². The molecule has 1 heterocycles. The normalized spacial score (nSPS) is 13.8. The van der Waals surface area contributed by atoms with Crippen LogP contribution < -0.4 is 5.46 Å². The summed E-state index contributed by atoms with van der Waals surface area (Å²) in [7, 11) is -0.774. The number of hydrogen-bond donors (Lipinski definition) is 2. The van der Waals surface area contributed by atoms with Crippen molar-refractivity contribution in [3.05, 3.63) is 23.5 Å². The maximum absolute atomic E-state index is 11.2. The topological polar surface area (TPSA) is 79.7 Å². The monoisotopic (exact) mass is 198 g/mol. The number of aryl methyl sites for hydroxylation is 1. The van der Waals surface area contributed by atoms with Gasteiger partial charge in [-0.15, -0.1) is 0 Å². The summed E-state index contributed by atoms with van der Waals surface area (Å²) in [6.45, 7) is -2.55. The van der Waals surface area contributed by atoms with E-state index in [2.05, 4.69) is 9.72 Å². The van der Waals surface area contributed by atoms with Gasteiger partial charge in [0.15, 0.2) is 0 Å². The first-order chi connectivity index (χ1) is 7.75. The first kappa shape index (κ1) is 6.97. The molecule has 0 amide bonds. The molecule has 1 rings (SSSR count). The van der Waals surface area contributed by atoms with Crippen molar-refractivity contribution >= 4 is 18.6 Å². The van der Waals surface area contributed by atoms with E-state index in [0.29, 0.717) is 0 Å². The lowest BCUT2D eigenvalue weighted by atomic mass is 9.80. The number of hydrogen-bond acceptors (Lipinski definition) is 5. The lowest BCUT2D eigenvalue weighted by Crippen LogP contribution is -2.31. The molecule has 74 valence electrons. The third kappa shape index (κ3) is 2.30. The van der Waals surface area contributed by atoms with E-state index in [0.717, 1.165) is 19.2 Å². The maximum atomic E-state index is 11.2. The van der Waals surface area contributed by atoms with E-state index in [4.69, 9.17) is 14.2 Å². The summed E-state index contributed by atoms with van der Waals surface area (Å²) < 4.78 is 25.9. The molecule has 1 aromatic heterocycles. The summed E-state index contributed by atoms with van der Waals surface area (Å²) in [5.41, 5.74) is -0.820. The number of pyridine rings is 1. The van der Waals surface area contributed by atoms with E-state index in [1.165, 1.54) is 0 Å². The number of carbonyl (C=O) groups excluding carboxylic acids is 1. The van der Waals surface area contributed by atoms with Crippen LogP contribution in [-0.2, 0) is 4.74 Å². The Bertz CT molecular complexity index is 435. The van der Waals surface area contributed by atoms with Crippen LogP contribution in [0.25, 0.3) is 0 Å². The van der Waals surface area contributed by atoms with Crippen molar-refractivity contribution in [3.63, 3.8) is 0 Å². The average Bonchev–Trinajstić information content (AvgIpc) is 2.26. The van der Waals surface area contributed by atoms with Gasteiger partial charge in [0.05, 0.1) is 7.11 Å². The number of ether oxygens (including phenoxy) is 1. The Morgan fingerprint density at radius 2 is 2.36 bits per heavy atom. The second-order valence-electron chi connectivity index (χ2n) is 2.54. The molecule has 0 aliphatic rings. The number of rotatable bonds is 2. The number of carbonyl (C=O) groups is 1. The van der Waals surface area contributed by atoms with Gasteiger partial charge in [-0.05, 0) is 24.4 Å². The zero-order chi connectivity index (χ0) is 13.2. The van der Waals surface area contributed by atoms with Gasteiger partial charge in [-0.1, -0.05) is 0 Å². The maximum Gasteiger partial charge on any atom is 0.488 e. The van der Waals surface area contributed by atoms with Crippen LogP contribution in [0.1, 0.15) is 20.3 Å². The molecule has 0 radical (unpaired) electrons. The van der Waals surface area contributed by atoms with Crippen LogP contribution in [0.3, 0.4) is 0 Å². The van der Waals surface area contributed by atoms with Crippen LogP contribution in [0.2, 0.25) is 0 Å². The average molecular weight is 198 g/mol. The van der Waals surface area contributed by atoms with Crippen LogP contribution in [0.4, 0.5) is 0 Å². The fourth-order valence-electron chi connectivity index (χ4n) is 0.910. The Balaban J connectivity index is 3.34. The summed E-state index contributed by atoms with van der Waals surface area (Å²) in [6, 6.07) is 2.07.